The number of carbonyl (C=O) groups is 1. The number of aliphatic carboxylic acids is 1. The van der Waals surface area contributed by atoms with Crippen LogP contribution < -0.4 is 0 Å². The van der Waals surface area contributed by atoms with Gasteiger partial charge in [-0.25, -0.2) is 8.42 Å². The Bertz CT molecular complexity index is 1030. The van der Waals surface area contributed by atoms with Gasteiger partial charge < -0.3 is 9.84 Å². The van der Waals surface area contributed by atoms with Crippen molar-refractivity contribution in [1.82, 2.24) is 9.78 Å². The van der Waals surface area contributed by atoms with Crippen LogP contribution in [-0.4, -0.2) is 47.7 Å². The third-order valence-electron chi connectivity index (χ3n) is 5.15. The summed E-state index contributed by atoms with van der Waals surface area (Å²) in [6.07, 6.45) is -3.39. The molecular formula is C18H19F3N2O5S. The molecule has 0 aliphatic heterocycles. The zero-order valence-corrected chi connectivity index (χ0v) is 16.4. The van der Waals surface area contributed by atoms with Crippen molar-refractivity contribution >= 4 is 15.8 Å². The van der Waals surface area contributed by atoms with Gasteiger partial charge in [-0.2, -0.15) is 18.3 Å². The lowest BCUT2D eigenvalue weighted by atomic mass is 10.1. The van der Waals surface area contributed by atoms with Gasteiger partial charge in [0.2, 0.25) is 0 Å². The summed E-state index contributed by atoms with van der Waals surface area (Å²) in [5, 5.41) is 11.9. The number of rotatable bonds is 5. The van der Waals surface area contributed by atoms with Crippen LogP contribution in [0, 0.1) is 5.92 Å². The Kier molecular flexibility index (Phi) is 5.48. The molecule has 3 rings (SSSR count). The summed E-state index contributed by atoms with van der Waals surface area (Å²) in [7, 11) is -1.58. The fraction of sp³-hybridized carbons (Fsp3) is 0.444. The third-order valence-corrected chi connectivity index (χ3v) is 7.38. The fourth-order valence-electron chi connectivity index (χ4n) is 3.66. The molecule has 7 nitrogen and oxygen atoms in total. The normalized spacial score (nSPS) is 22.7. The number of carboxylic acid groups (broad SMARTS) is 1. The predicted molar refractivity (Wildman–Crippen MR) is 95.8 cm³/mol. The number of carboxylic acids is 1. The predicted octanol–water partition coefficient (Wildman–Crippen LogP) is 2.76. The number of aromatic nitrogens is 2. The van der Waals surface area contributed by atoms with E-state index in [2.05, 4.69) is 5.10 Å². The Morgan fingerprint density at radius 3 is 2.45 bits per heavy atom. The monoisotopic (exact) mass is 432 g/mol. The summed E-state index contributed by atoms with van der Waals surface area (Å²) in [6, 6.07) is 2.99. The smallest absolute Gasteiger partial charge is 0.417 e. The zero-order valence-electron chi connectivity index (χ0n) is 15.5. The van der Waals surface area contributed by atoms with Crippen molar-refractivity contribution in [3.05, 3.63) is 36.2 Å². The number of sulfone groups is 1. The first kappa shape index (κ1) is 21.3. The fourth-order valence-corrected chi connectivity index (χ4v) is 5.66. The number of benzene rings is 1. The number of methoxy groups -OCH3 is 1. The lowest BCUT2D eigenvalue weighted by Crippen LogP contribution is -2.24. The van der Waals surface area contributed by atoms with Crippen LogP contribution in [0.3, 0.4) is 0 Å². The molecule has 0 saturated heterocycles. The molecule has 1 heterocycles. The Morgan fingerprint density at radius 1 is 1.28 bits per heavy atom. The molecule has 11 heteroatoms. The van der Waals surface area contributed by atoms with Crippen LogP contribution in [0.4, 0.5) is 13.2 Å². The van der Waals surface area contributed by atoms with Crippen molar-refractivity contribution in [3.63, 3.8) is 0 Å². The second-order valence-electron chi connectivity index (χ2n) is 6.97. The number of aryl methyl sites for hydroxylation is 1. The van der Waals surface area contributed by atoms with Crippen molar-refractivity contribution in [2.45, 2.75) is 35.3 Å². The number of alkyl halides is 3. The largest absolute Gasteiger partial charge is 0.481 e. The van der Waals surface area contributed by atoms with E-state index in [0.29, 0.717) is 5.56 Å². The first-order valence-electron chi connectivity index (χ1n) is 8.65. The molecule has 0 spiro atoms. The van der Waals surface area contributed by atoms with E-state index >= 15 is 0 Å². The van der Waals surface area contributed by atoms with Crippen LogP contribution >= 0.6 is 0 Å². The summed E-state index contributed by atoms with van der Waals surface area (Å²) in [5.41, 5.74) is -0.700. The summed E-state index contributed by atoms with van der Waals surface area (Å²) in [6.45, 7) is 0. The molecule has 0 unspecified atom stereocenters. The lowest BCUT2D eigenvalue weighted by Gasteiger charge is -2.18. The van der Waals surface area contributed by atoms with E-state index in [9.17, 15) is 31.5 Å². The van der Waals surface area contributed by atoms with Crippen LogP contribution in [0.5, 0.6) is 0 Å². The van der Waals surface area contributed by atoms with E-state index in [0.717, 1.165) is 12.1 Å². The van der Waals surface area contributed by atoms with Crippen LogP contribution in [0.25, 0.3) is 11.1 Å². The summed E-state index contributed by atoms with van der Waals surface area (Å²) in [5.74, 6) is -2.33. The van der Waals surface area contributed by atoms with Crippen molar-refractivity contribution in [1.29, 1.82) is 0 Å². The molecule has 0 radical (unpaired) electrons. The van der Waals surface area contributed by atoms with Crippen molar-refractivity contribution < 1.29 is 36.2 Å². The van der Waals surface area contributed by atoms with E-state index in [4.69, 9.17) is 4.74 Å². The molecule has 1 N–H and O–H groups in total. The van der Waals surface area contributed by atoms with E-state index in [1.165, 1.54) is 30.3 Å². The van der Waals surface area contributed by atoms with Gasteiger partial charge in [0, 0.05) is 25.9 Å². The maximum atomic E-state index is 13.7. The van der Waals surface area contributed by atoms with Gasteiger partial charge in [0.25, 0.3) is 0 Å². The molecule has 0 amide bonds. The van der Waals surface area contributed by atoms with Crippen LogP contribution in [0.2, 0.25) is 0 Å². The third kappa shape index (κ3) is 4.01. The molecule has 2 aromatic rings. The highest BCUT2D eigenvalue weighted by atomic mass is 32.2. The second kappa shape index (κ2) is 7.45. The number of halogens is 3. The van der Waals surface area contributed by atoms with Crippen molar-refractivity contribution in [2.75, 3.05) is 7.11 Å². The Balaban J connectivity index is 2.06. The number of ether oxygens (including phenoxy) is 1. The first-order valence-corrected chi connectivity index (χ1v) is 10.2. The lowest BCUT2D eigenvalue weighted by molar-refractivity contribution is -0.145. The number of hydrogen-bond acceptors (Lipinski definition) is 5. The number of nitrogens with zero attached hydrogens (tertiary/aromatic N) is 2. The molecule has 0 bridgehead atoms. The molecule has 1 fully saturated rings. The molecule has 1 aromatic heterocycles. The summed E-state index contributed by atoms with van der Waals surface area (Å²) < 4.78 is 73.6. The second-order valence-corrected chi connectivity index (χ2v) is 9.17. The minimum Gasteiger partial charge on any atom is -0.481 e. The molecule has 29 heavy (non-hydrogen) atoms. The molecule has 1 aromatic carbocycles. The molecular weight excluding hydrogens is 413 g/mol. The van der Waals surface area contributed by atoms with E-state index < -0.39 is 49.7 Å². The highest BCUT2D eigenvalue weighted by Gasteiger charge is 2.47. The van der Waals surface area contributed by atoms with E-state index in [-0.39, 0.29) is 18.4 Å². The van der Waals surface area contributed by atoms with Gasteiger partial charge in [0.1, 0.15) is 0 Å². The van der Waals surface area contributed by atoms with Crippen LogP contribution in [-0.2, 0) is 32.6 Å². The highest BCUT2D eigenvalue weighted by Crippen LogP contribution is 2.41. The SMILES string of the molecule is CO[C@H]1C[C@@H](S(=O)(=O)c2ccc(-c3cnn(C)c3)cc2C(F)(F)F)C[C@@H]1C(=O)O. The quantitative estimate of drug-likeness (QED) is 0.780. The maximum absolute atomic E-state index is 13.7. The average Bonchev–Trinajstić information content (AvgIpc) is 3.27. The Labute approximate surface area is 165 Å². The molecule has 1 aliphatic rings. The average molecular weight is 432 g/mol. The minimum atomic E-state index is -4.91. The zero-order chi connectivity index (χ0) is 21.6. The molecule has 3 atom stereocenters. The van der Waals surface area contributed by atoms with Gasteiger partial charge in [-0.1, -0.05) is 6.07 Å². The van der Waals surface area contributed by atoms with Gasteiger partial charge in [0.15, 0.2) is 9.84 Å². The standard InChI is InChI=1S/C18H19F3N2O5S/c1-23-9-11(8-22-23)10-3-4-16(14(5-10)18(19,20)21)29(26,27)12-6-13(17(24)25)15(7-12)28-2/h3-5,8-9,12-13,15H,6-7H2,1-2H3,(H,24,25)/t12-,13-,15-/m0/s1. The minimum absolute atomic E-state index is 0.175. The highest BCUT2D eigenvalue weighted by molar-refractivity contribution is 7.92. The Hall–Kier alpha value is -2.40. The van der Waals surface area contributed by atoms with E-state index in [1.807, 2.05) is 0 Å². The van der Waals surface area contributed by atoms with Crippen molar-refractivity contribution in [3.8, 4) is 11.1 Å². The van der Waals surface area contributed by atoms with Gasteiger partial charge in [-0.15, -0.1) is 0 Å². The van der Waals surface area contributed by atoms with Gasteiger partial charge in [0.05, 0.1) is 33.9 Å². The molecule has 1 saturated carbocycles. The molecule has 158 valence electrons. The maximum Gasteiger partial charge on any atom is 0.417 e. The summed E-state index contributed by atoms with van der Waals surface area (Å²) in [4.78, 5) is 10.5. The topological polar surface area (TPSA) is 98.5 Å². The molecule has 1 aliphatic carbocycles. The summed E-state index contributed by atoms with van der Waals surface area (Å²) >= 11 is 0. The van der Waals surface area contributed by atoms with Gasteiger partial charge in [-0.3, -0.25) is 9.48 Å². The van der Waals surface area contributed by atoms with Gasteiger partial charge >= 0.3 is 12.1 Å². The number of hydrogen-bond donors (Lipinski definition) is 1. The Morgan fingerprint density at radius 2 is 1.97 bits per heavy atom. The van der Waals surface area contributed by atoms with Gasteiger partial charge in [-0.05, 0) is 30.5 Å². The van der Waals surface area contributed by atoms with Crippen LogP contribution in [0.1, 0.15) is 18.4 Å². The first-order chi connectivity index (χ1) is 13.4. The van der Waals surface area contributed by atoms with Crippen LogP contribution in [0.15, 0.2) is 35.5 Å². The van der Waals surface area contributed by atoms with Crippen molar-refractivity contribution in [2.24, 2.45) is 13.0 Å². The van der Waals surface area contributed by atoms with E-state index in [1.54, 1.807) is 7.05 Å².